The SMILES string of the molecule is C/C(=C\CC1CCN(C(=O)NC2CCCCC2)CC1)c1ccccc1. The molecule has 25 heavy (non-hydrogen) atoms. The van der Waals surface area contributed by atoms with Crippen molar-refractivity contribution in [3.05, 3.63) is 42.0 Å². The molecule has 3 rings (SSSR count). The highest BCUT2D eigenvalue weighted by Crippen LogP contribution is 2.24. The van der Waals surface area contributed by atoms with Crippen molar-refractivity contribution in [3.8, 4) is 0 Å². The third-order valence-electron chi connectivity index (χ3n) is 5.82. The molecule has 1 N–H and O–H groups in total. The maximum atomic E-state index is 12.4. The van der Waals surface area contributed by atoms with Crippen LogP contribution in [0.2, 0.25) is 0 Å². The smallest absolute Gasteiger partial charge is 0.317 e. The zero-order chi connectivity index (χ0) is 17.5. The molecule has 0 atom stereocenters. The normalized spacial score (nSPS) is 20.5. The lowest BCUT2D eigenvalue weighted by Gasteiger charge is -2.33. The molecule has 1 aliphatic carbocycles. The molecule has 0 aromatic heterocycles. The number of carbonyl (C=O) groups is 1. The number of benzene rings is 1. The zero-order valence-corrected chi connectivity index (χ0v) is 15.5. The number of likely N-dealkylation sites (tertiary alicyclic amines) is 1. The van der Waals surface area contributed by atoms with Crippen molar-refractivity contribution in [2.45, 2.75) is 64.3 Å². The van der Waals surface area contributed by atoms with Gasteiger partial charge in [-0.3, -0.25) is 0 Å². The molecule has 1 aliphatic heterocycles. The van der Waals surface area contributed by atoms with Crippen LogP contribution in [-0.4, -0.2) is 30.1 Å². The van der Waals surface area contributed by atoms with Crippen molar-refractivity contribution in [2.75, 3.05) is 13.1 Å². The first-order valence-electron chi connectivity index (χ1n) is 10.00. The number of nitrogens with zero attached hydrogens (tertiary/aromatic N) is 1. The fourth-order valence-corrected chi connectivity index (χ4v) is 4.05. The van der Waals surface area contributed by atoms with Crippen LogP contribution in [0, 0.1) is 5.92 Å². The van der Waals surface area contributed by atoms with E-state index in [4.69, 9.17) is 0 Å². The van der Waals surface area contributed by atoms with Gasteiger partial charge in [0, 0.05) is 19.1 Å². The largest absolute Gasteiger partial charge is 0.335 e. The average Bonchev–Trinajstić information content (AvgIpc) is 2.68. The molecule has 3 nitrogen and oxygen atoms in total. The second-order valence-corrected chi connectivity index (χ2v) is 7.70. The molecule has 2 aliphatic rings. The zero-order valence-electron chi connectivity index (χ0n) is 15.5. The first-order valence-corrected chi connectivity index (χ1v) is 10.00. The summed E-state index contributed by atoms with van der Waals surface area (Å²) in [6.07, 6.45) is 11.9. The number of piperidine rings is 1. The Balaban J connectivity index is 1.41. The van der Waals surface area contributed by atoms with Crippen LogP contribution in [0.25, 0.3) is 5.57 Å². The van der Waals surface area contributed by atoms with E-state index < -0.39 is 0 Å². The number of amides is 2. The Kier molecular flexibility index (Phi) is 6.55. The van der Waals surface area contributed by atoms with E-state index in [0.29, 0.717) is 12.0 Å². The second kappa shape index (κ2) is 9.07. The van der Waals surface area contributed by atoms with E-state index in [0.717, 1.165) is 45.2 Å². The number of hydrogen-bond acceptors (Lipinski definition) is 1. The molecule has 0 radical (unpaired) electrons. The minimum absolute atomic E-state index is 0.168. The van der Waals surface area contributed by atoms with Crippen LogP contribution in [0.3, 0.4) is 0 Å². The van der Waals surface area contributed by atoms with Crippen LogP contribution in [0.4, 0.5) is 4.79 Å². The summed E-state index contributed by atoms with van der Waals surface area (Å²) in [5, 5.41) is 3.25. The third kappa shape index (κ3) is 5.35. The van der Waals surface area contributed by atoms with Crippen molar-refractivity contribution in [1.29, 1.82) is 0 Å². The lowest BCUT2D eigenvalue weighted by atomic mass is 9.92. The summed E-state index contributed by atoms with van der Waals surface area (Å²) in [4.78, 5) is 14.5. The predicted octanol–water partition coefficient (Wildman–Crippen LogP) is 5.23. The molecule has 0 spiro atoms. The summed E-state index contributed by atoms with van der Waals surface area (Å²) in [6.45, 7) is 4.00. The third-order valence-corrected chi connectivity index (χ3v) is 5.82. The molecule has 2 fully saturated rings. The highest BCUT2D eigenvalue weighted by atomic mass is 16.2. The van der Waals surface area contributed by atoms with Crippen LogP contribution in [0.5, 0.6) is 0 Å². The number of rotatable bonds is 4. The number of carbonyl (C=O) groups excluding carboxylic acids is 1. The van der Waals surface area contributed by atoms with E-state index in [1.54, 1.807) is 0 Å². The lowest BCUT2D eigenvalue weighted by Crippen LogP contribution is -2.48. The fourth-order valence-electron chi connectivity index (χ4n) is 4.05. The van der Waals surface area contributed by atoms with Gasteiger partial charge in [0.15, 0.2) is 0 Å². The highest BCUT2D eigenvalue weighted by Gasteiger charge is 2.24. The van der Waals surface area contributed by atoms with E-state index in [9.17, 15) is 4.79 Å². The Morgan fingerprint density at radius 1 is 1.08 bits per heavy atom. The molecular formula is C22H32N2O. The first-order chi connectivity index (χ1) is 12.2. The summed E-state index contributed by atoms with van der Waals surface area (Å²) < 4.78 is 0. The number of urea groups is 1. The Morgan fingerprint density at radius 2 is 1.76 bits per heavy atom. The Hall–Kier alpha value is -1.77. The fraction of sp³-hybridized carbons (Fsp3) is 0.591. The van der Waals surface area contributed by atoms with Gasteiger partial charge < -0.3 is 10.2 Å². The molecule has 1 aromatic rings. The maximum Gasteiger partial charge on any atom is 0.317 e. The molecule has 1 saturated heterocycles. The van der Waals surface area contributed by atoms with Gasteiger partial charge in [-0.2, -0.15) is 0 Å². The standard InChI is InChI=1S/C22H32N2O/c1-18(20-8-4-2-5-9-20)12-13-19-14-16-24(17-15-19)22(25)23-21-10-6-3-7-11-21/h2,4-5,8-9,12,19,21H,3,6-7,10-11,13-17H2,1H3,(H,23,25)/b18-12+. The van der Waals surface area contributed by atoms with Crippen LogP contribution >= 0.6 is 0 Å². The minimum atomic E-state index is 0.168. The van der Waals surface area contributed by atoms with E-state index in [1.165, 1.54) is 30.4 Å². The van der Waals surface area contributed by atoms with E-state index in [2.05, 4.69) is 48.6 Å². The van der Waals surface area contributed by atoms with Crippen LogP contribution in [0.1, 0.15) is 63.9 Å². The molecule has 1 saturated carbocycles. The van der Waals surface area contributed by atoms with Crippen molar-refractivity contribution in [2.24, 2.45) is 5.92 Å². The number of allylic oxidation sites excluding steroid dienone is 2. The summed E-state index contributed by atoms with van der Waals surface area (Å²) in [5.41, 5.74) is 2.67. The molecule has 136 valence electrons. The number of hydrogen-bond donors (Lipinski definition) is 1. The van der Waals surface area contributed by atoms with Gasteiger partial charge in [0.1, 0.15) is 0 Å². The van der Waals surface area contributed by atoms with Gasteiger partial charge in [-0.25, -0.2) is 4.79 Å². The summed E-state index contributed by atoms with van der Waals surface area (Å²) in [5.74, 6) is 0.706. The second-order valence-electron chi connectivity index (χ2n) is 7.70. The monoisotopic (exact) mass is 340 g/mol. The van der Waals surface area contributed by atoms with Crippen molar-refractivity contribution in [3.63, 3.8) is 0 Å². The van der Waals surface area contributed by atoms with Crippen molar-refractivity contribution >= 4 is 11.6 Å². The summed E-state index contributed by atoms with van der Waals surface area (Å²) in [7, 11) is 0. The molecule has 0 bridgehead atoms. The molecule has 0 unspecified atom stereocenters. The van der Waals surface area contributed by atoms with Crippen LogP contribution in [-0.2, 0) is 0 Å². The van der Waals surface area contributed by atoms with E-state index in [-0.39, 0.29) is 6.03 Å². The Labute approximate surface area is 152 Å². The van der Waals surface area contributed by atoms with Crippen LogP contribution in [0.15, 0.2) is 36.4 Å². The van der Waals surface area contributed by atoms with Crippen molar-refractivity contribution < 1.29 is 4.79 Å². The van der Waals surface area contributed by atoms with Gasteiger partial charge in [-0.1, -0.05) is 55.7 Å². The summed E-state index contributed by atoms with van der Waals surface area (Å²) >= 11 is 0. The van der Waals surface area contributed by atoms with Gasteiger partial charge in [0.2, 0.25) is 0 Å². The molecule has 3 heteroatoms. The topological polar surface area (TPSA) is 32.3 Å². The molecule has 1 aromatic carbocycles. The van der Waals surface area contributed by atoms with E-state index >= 15 is 0 Å². The minimum Gasteiger partial charge on any atom is -0.335 e. The average molecular weight is 341 g/mol. The van der Waals surface area contributed by atoms with E-state index in [1.807, 2.05) is 4.90 Å². The predicted molar refractivity (Wildman–Crippen MR) is 104 cm³/mol. The van der Waals surface area contributed by atoms with Gasteiger partial charge in [0.25, 0.3) is 0 Å². The quantitative estimate of drug-likeness (QED) is 0.799. The van der Waals surface area contributed by atoms with Gasteiger partial charge in [-0.15, -0.1) is 0 Å². The van der Waals surface area contributed by atoms with Crippen molar-refractivity contribution in [1.82, 2.24) is 10.2 Å². The summed E-state index contributed by atoms with van der Waals surface area (Å²) in [6, 6.07) is 11.2. The lowest BCUT2D eigenvalue weighted by molar-refractivity contribution is 0.165. The molecular weight excluding hydrogens is 308 g/mol. The highest BCUT2D eigenvalue weighted by molar-refractivity contribution is 5.74. The number of nitrogens with one attached hydrogen (secondary N) is 1. The maximum absolute atomic E-state index is 12.4. The van der Waals surface area contributed by atoms with Gasteiger partial charge in [0.05, 0.1) is 0 Å². The van der Waals surface area contributed by atoms with Gasteiger partial charge in [-0.05, 0) is 56.1 Å². The Bertz CT molecular complexity index is 567. The Morgan fingerprint density at radius 3 is 2.44 bits per heavy atom. The van der Waals surface area contributed by atoms with Crippen LogP contribution < -0.4 is 5.32 Å². The molecule has 1 heterocycles. The molecule has 2 amide bonds. The van der Waals surface area contributed by atoms with Gasteiger partial charge >= 0.3 is 6.03 Å². The first kappa shape index (κ1) is 18.0.